The topological polar surface area (TPSA) is 50.2 Å². The molecule has 144 valence electrons. The Morgan fingerprint density at radius 3 is 2.85 bits per heavy atom. The van der Waals surface area contributed by atoms with E-state index < -0.39 is 0 Å². The summed E-state index contributed by atoms with van der Waals surface area (Å²) in [6.45, 7) is 4.62. The van der Waals surface area contributed by atoms with Crippen molar-refractivity contribution in [3.05, 3.63) is 46.2 Å². The highest BCUT2D eigenvalue weighted by Crippen LogP contribution is 2.26. The summed E-state index contributed by atoms with van der Waals surface area (Å²) in [4.78, 5) is 14.8. The van der Waals surface area contributed by atoms with E-state index in [1.807, 2.05) is 23.1 Å². The van der Waals surface area contributed by atoms with E-state index in [0.717, 1.165) is 43.7 Å². The van der Waals surface area contributed by atoms with Crippen LogP contribution in [0.3, 0.4) is 0 Å². The molecule has 1 amide bonds. The number of aryl methyl sites for hydroxylation is 2. The Labute approximate surface area is 165 Å². The first-order chi connectivity index (χ1) is 13.1. The molecule has 4 rings (SSSR count). The fourth-order valence-electron chi connectivity index (χ4n) is 4.11. The molecule has 2 aliphatic rings. The number of nitrogens with zero attached hydrogens (tertiary/aromatic N) is 3. The molecule has 1 unspecified atom stereocenters. The number of hydrogen-bond acceptors (Lipinski definition) is 3. The van der Waals surface area contributed by atoms with Crippen LogP contribution in [0.4, 0.5) is 5.69 Å². The molecule has 6 heteroatoms. The van der Waals surface area contributed by atoms with Crippen molar-refractivity contribution in [2.75, 3.05) is 11.9 Å². The van der Waals surface area contributed by atoms with Crippen LogP contribution in [-0.2, 0) is 19.5 Å². The fraction of sp³-hybridized carbons (Fsp3) is 0.524. The number of rotatable bonds is 4. The van der Waals surface area contributed by atoms with Crippen molar-refractivity contribution in [1.82, 2.24) is 14.7 Å². The number of carbonyl (C=O) groups excluding carboxylic acids is 1. The second kappa shape index (κ2) is 7.93. The van der Waals surface area contributed by atoms with Crippen molar-refractivity contribution in [2.24, 2.45) is 0 Å². The van der Waals surface area contributed by atoms with E-state index in [1.54, 1.807) is 0 Å². The van der Waals surface area contributed by atoms with E-state index in [4.69, 9.17) is 11.6 Å². The molecule has 2 aliphatic heterocycles. The number of hydrogen-bond donors (Lipinski definition) is 1. The Hall–Kier alpha value is -2.01. The zero-order valence-electron chi connectivity index (χ0n) is 15.9. The Kier molecular flexibility index (Phi) is 5.39. The smallest absolute Gasteiger partial charge is 0.255 e. The molecule has 0 radical (unpaired) electrons. The lowest BCUT2D eigenvalue weighted by Gasteiger charge is -2.33. The highest BCUT2D eigenvalue weighted by atomic mass is 35.5. The number of amides is 1. The molecule has 1 aromatic carbocycles. The van der Waals surface area contributed by atoms with Gasteiger partial charge in [-0.2, -0.15) is 5.10 Å². The number of anilines is 1. The number of nitrogens with one attached hydrogen (secondary N) is 1. The van der Waals surface area contributed by atoms with Crippen molar-refractivity contribution < 1.29 is 4.79 Å². The molecular weight excluding hydrogens is 360 g/mol. The van der Waals surface area contributed by atoms with Crippen LogP contribution in [0.2, 0.25) is 5.02 Å². The van der Waals surface area contributed by atoms with E-state index in [1.165, 1.54) is 25.0 Å². The molecule has 3 heterocycles. The van der Waals surface area contributed by atoms with Crippen molar-refractivity contribution in [3.8, 4) is 0 Å². The van der Waals surface area contributed by atoms with Gasteiger partial charge in [-0.25, -0.2) is 0 Å². The third kappa shape index (κ3) is 3.98. The molecular formula is C21H27ClN4O. The van der Waals surface area contributed by atoms with Gasteiger partial charge >= 0.3 is 0 Å². The first kappa shape index (κ1) is 18.4. The third-order valence-corrected chi connectivity index (χ3v) is 6.02. The Morgan fingerprint density at radius 1 is 1.22 bits per heavy atom. The van der Waals surface area contributed by atoms with Gasteiger partial charge in [0.25, 0.3) is 5.91 Å². The van der Waals surface area contributed by atoms with E-state index in [-0.39, 0.29) is 11.9 Å². The van der Waals surface area contributed by atoms with Gasteiger partial charge in [-0.15, -0.1) is 0 Å². The lowest BCUT2D eigenvalue weighted by molar-refractivity contribution is 0.0636. The normalized spacial score (nSPS) is 19.6. The van der Waals surface area contributed by atoms with Gasteiger partial charge in [-0.3, -0.25) is 9.48 Å². The van der Waals surface area contributed by atoms with Gasteiger partial charge in [0.2, 0.25) is 0 Å². The van der Waals surface area contributed by atoms with E-state index in [9.17, 15) is 4.79 Å². The summed E-state index contributed by atoms with van der Waals surface area (Å²) in [5.41, 5.74) is 3.88. The second-order valence-electron chi connectivity index (χ2n) is 7.70. The molecule has 27 heavy (non-hydrogen) atoms. The number of carbonyl (C=O) groups is 1. The van der Waals surface area contributed by atoms with Crippen LogP contribution < -0.4 is 5.32 Å². The molecule has 5 nitrogen and oxygen atoms in total. The molecule has 1 fully saturated rings. The van der Waals surface area contributed by atoms with Crippen LogP contribution in [0.5, 0.6) is 0 Å². The first-order valence-corrected chi connectivity index (χ1v) is 10.4. The summed E-state index contributed by atoms with van der Waals surface area (Å²) in [5, 5.41) is 8.55. The van der Waals surface area contributed by atoms with Gasteiger partial charge in [0.05, 0.1) is 22.8 Å². The van der Waals surface area contributed by atoms with Crippen molar-refractivity contribution >= 4 is 23.2 Å². The molecule has 0 spiro atoms. The zero-order chi connectivity index (χ0) is 18.8. The Morgan fingerprint density at radius 2 is 2.07 bits per heavy atom. The van der Waals surface area contributed by atoms with Crippen LogP contribution in [0.25, 0.3) is 0 Å². The average Bonchev–Trinajstić information content (AvgIpc) is 3.09. The number of piperidine rings is 1. The zero-order valence-corrected chi connectivity index (χ0v) is 16.6. The molecule has 1 aromatic heterocycles. The minimum atomic E-state index is 0.0422. The molecule has 1 N–H and O–H groups in total. The Balaban J connectivity index is 1.42. The lowest BCUT2D eigenvalue weighted by Crippen LogP contribution is -2.42. The van der Waals surface area contributed by atoms with Gasteiger partial charge in [0, 0.05) is 30.5 Å². The summed E-state index contributed by atoms with van der Waals surface area (Å²) in [5.74, 6) is 0.0422. The number of benzene rings is 1. The van der Waals surface area contributed by atoms with Crippen LogP contribution in [0.1, 0.15) is 60.8 Å². The maximum absolute atomic E-state index is 12.8. The lowest BCUT2D eigenvalue weighted by atomic mass is 10.0. The van der Waals surface area contributed by atoms with Crippen molar-refractivity contribution in [3.63, 3.8) is 0 Å². The predicted octanol–water partition coefficient (Wildman–Crippen LogP) is 4.50. The number of aromatic nitrogens is 2. The summed E-state index contributed by atoms with van der Waals surface area (Å²) in [6, 6.07) is 8.09. The Bertz CT molecular complexity index is 808. The van der Waals surface area contributed by atoms with Gasteiger partial charge in [-0.1, -0.05) is 11.6 Å². The second-order valence-corrected chi connectivity index (χ2v) is 8.11. The largest absolute Gasteiger partial charge is 0.379 e. The van der Waals surface area contributed by atoms with Crippen molar-refractivity contribution in [1.29, 1.82) is 0 Å². The molecule has 1 saturated heterocycles. The fourth-order valence-corrected chi connectivity index (χ4v) is 4.37. The summed E-state index contributed by atoms with van der Waals surface area (Å²) in [7, 11) is 0. The van der Waals surface area contributed by atoms with E-state index in [2.05, 4.69) is 28.1 Å². The van der Waals surface area contributed by atoms with E-state index in [0.29, 0.717) is 17.1 Å². The highest BCUT2D eigenvalue weighted by Gasteiger charge is 2.25. The maximum Gasteiger partial charge on any atom is 0.255 e. The first-order valence-electron chi connectivity index (χ1n) is 10.0. The van der Waals surface area contributed by atoms with Gasteiger partial charge in [-0.05, 0) is 69.7 Å². The molecule has 0 saturated carbocycles. The summed E-state index contributed by atoms with van der Waals surface area (Å²) < 4.78 is 2.12. The molecule has 2 aromatic rings. The molecule has 0 bridgehead atoms. The molecule has 0 aliphatic carbocycles. The van der Waals surface area contributed by atoms with Gasteiger partial charge in [0.1, 0.15) is 0 Å². The quantitative estimate of drug-likeness (QED) is 0.841. The van der Waals surface area contributed by atoms with Crippen LogP contribution >= 0.6 is 11.6 Å². The maximum atomic E-state index is 12.8. The van der Waals surface area contributed by atoms with Crippen molar-refractivity contribution in [2.45, 2.75) is 64.6 Å². The monoisotopic (exact) mass is 386 g/mol. The SMILES string of the molecule is CC1CCCCN1C(=O)c1ccc(NCc2cc3n(n2)CCCC3)cc1Cl. The summed E-state index contributed by atoms with van der Waals surface area (Å²) in [6.07, 6.45) is 6.91. The predicted molar refractivity (Wildman–Crippen MR) is 108 cm³/mol. The summed E-state index contributed by atoms with van der Waals surface area (Å²) >= 11 is 6.45. The average molecular weight is 387 g/mol. The third-order valence-electron chi connectivity index (χ3n) is 5.70. The number of likely N-dealkylation sites (tertiary alicyclic amines) is 1. The minimum Gasteiger partial charge on any atom is -0.379 e. The standard InChI is InChI=1S/C21H27ClN4O/c1-15-6-2-4-10-25(15)21(27)19-9-8-16(13-20(19)22)23-14-17-12-18-7-3-5-11-26(18)24-17/h8-9,12-13,15,23H,2-7,10-11,14H2,1H3. The van der Waals surface area contributed by atoms with Gasteiger partial charge in [0.15, 0.2) is 0 Å². The van der Waals surface area contributed by atoms with Crippen LogP contribution in [0.15, 0.2) is 24.3 Å². The number of halogens is 1. The van der Waals surface area contributed by atoms with E-state index >= 15 is 0 Å². The van der Waals surface area contributed by atoms with Gasteiger partial charge < -0.3 is 10.2 Å². The molecule has 1 atom stereocenters. The highest BCUT2D eigenvalue weighted by molar-refractivity contribution is 6.34. The van der Waals surface area contributed by atoms with Crippen LogP contribution in [0, 0.1) is 0 Å². The van der Waals surface area contributed by atoms with Crippen LogP contribution in [-0.4, -0.2) is 33.2 Å². The minimum absolute atomic E-state index is 0.0422. The number of fused-ring (bicyclic) bond motifs is 1.